The first-order chi connectivity index (χ1) is 13.0. The maximum Gasteiger partial charge on any atom is 0.392 e. The van der Waals surface area contributed by atoms with Crippen molar-refractivity contribution in [2.24, 2.45) is 13.0 Å². The number of hydrogen-bond acceptors (Lipinski definition) is 5. The van der Waals surface area contributed by atoms with E-state index in [9.17, 15) is 26.4 Å². The van der Waals surface area contributed by atoms with Crippen molar-refractivity contribution < 1.29 is 26.4 Å². The Labute approximate surface area is 172 Å². The molecule has 0 aliphatic heterocycles. The summed E-state index contributed by atoms with van der Waals surface area (Å²) in [5.74, 6) is -3.76. The molecule has 2 aromatic rings. The number of aryl methyl sites for hydroxylation is 1. The van der Waals surface area contributed by atoms with Crippen LogP contribution in [0.15, 0.2) is 35.5 Å². The topological polar surface area (TPSA) is 105 Å². The van der Waals surface area contributed by atoms with E-state index in [-0.39, 0.29) is 41.9 Å². The summed E-state index contributed by atoms with van der Waals surface area (Å²) in [5, 5.41) is 11.3. The van der Waals surface area contributed by atoms with Crippen molar-refractivity contribution in [3.05, 3.63) is 42.0 Å². The van der Waals surface area contributed by atoms with Crippen LogP contribution in [0.3, 0.4) is 0 Å². The number of carbonyl (C=O) groups excluding carboxylic acids is 1. The number of carbonyl (C=O) groups is 1. The molecule has 12 heteroatoms. The molecule has 0 radical (unpaired) electrons. The molecular formula is C17H19F3N4O3S2. The standard InChI is InChI=1S/C17H17F3N4O3S.H2S/c1-3-11(17(18,19)20)10-28(26,27)14-7-15(24(2)9-14)16(25)23-12-4-5-22-13(6-12)8-21;/h4-7,9,11H,3,10H2,1-2H3,(H,22,23,25);1H2/t11-;/m1./s1. The molecule has 29 heavy (non-hydrogen) atoms. The minimum Gasteiger partial charge on any atom is -0.345 e. The fourth-order valence-electron chi connectivity index (χ4n) is 2.50. The van der Waals surface area contributed by atoms with E-state index in [2.05, 4.69) is 10.3 Å². The summed E-state index contributed by atoms with van der Waals surface area (Å²) in [7, 11) is -2.84. The van der Waals surface area contributed by atoms with E-state index in [1.165, 1.54) is 36.9 Å². The van der Waals surface area contributed by atoms with Crippen molar-refractivity contribution in [1.29, 1.82) is 5.26 Å². The zero-order chi connectivity index (χ0) is 21.1. The normalized spacial score (nSPS) is 12.6. The van der Waals surface area contributed by atoms with Gasteiger partial charge in [-0.3, -0.25) is 4.79 Å². The number of nitrogens with zero attached hydrogens (tertiary/aromatic N) is 3. The van der Waals surface area contributed by atoms with Gasteiger partial charge in [0.15, 0.2) is 9.84 Å². The quantitative estimate of drug-likeness (QED) is 0.731. The molecule has 0 saturated carbocycles. The first-order valence-electron chi connectivity index (χ1n) is 8.11. The Balaban J connectivity index is 0.00000420. The van der Waals surface area contributed by atoms with E-state index in [1.807, 2.05) is 6.07 Å². The number of nitrogens with one attached hydrogen (secondary N) is 1. The molecule has 0 bridgehead atoms. The highest BCUT2D eigenvalue weighted by atomic mass is 32.2. The van der Waals surface area contributed by atoms with Gasteiger partial charge in [0.05, 0.1) is 16.6 Å². The van der Waals surface area contributed by atoms with Crippen LogP contribution in [-0.2, 0) is 16.9 Å². The van der Waals surface area contributed by atoms with Crippen LogP contribution < -0.4 is 5.32 Å². The molecule has 1 N–H and O–H groups in total. The number of anilines is 1. The number of alkyl halides is 3. The average molecular weight is 448 g/mol. The molecule has 1 amide bonds. The number of nitriles is 1. The Hall–Kier alpha value is -2.52. The van der Waals surface area contributed by atoms with Gasteiger partial charge >= 0.3 is 6.18 Å². The molecule has 0 spiro atoms. The summed E-state index contributed by atoms with van der Waals surface area (Å²) in [5.41, 5.74) is 0.282. The van der Waals surface area contributed by atoms with Crippen LogP contribution in [0.5, 0.6) is 0 Å². The Morgan fingerprint density at radius 3 is 2.59 bits per heavy atom. The fourth-order valence-corrected chi connectivity index (χ4v) is 4.26. The molecule has 1 atom stereocenters. The van der Waals surface area contributed by atoms with Crippen LogP contribution in [-0.4, -0.2) is 35.8 Å². The minimum atomic E-state index is -4.63. The second kappa shape index (κ2) is 9.32. The monoisotopic (exact) mass is 448 g/mol. The highest BCUT2D eigenvalue weighted by Crippen LogP contribution is 2.31. The number of amides is 1. The lowest BCUT2D eigenvalue weighted by Gasteiger charge is -2.17. The van der Waals surface area contributed by atoms with Crippen LogP contribution in [0.1, 0.15) is 29.5 Å². The predicted molar refractivity (Wildman–Crippen MR) is 105 cm³/mol. The lowest BCUT2D eigenvalue weighted by atomic mass is 10.1. The van der Waals surface area contributed by atoms with E-state index < -0.39 is 33.6 Å². The summed E-state index contributed by atoms with van der Waals surface area (Å²) in [6.07, 6.45) is -2.58. The molecule has 7 nitrogen and oxygen atoms in total. The molecule has 2 rings (SSSR count). The third kappa shape index (κ3) is 5.98. The zero-order valence-corrected chi connectivity index (χ0v) is 17.3. The third-order valence-corrected chi connectivity index (χ3v) is 5.86. The Morgan fingerprint density at radius 1 is 1.38 bits per heavy atom. The molecule has 2 heterocycles. The Bertz CT molecular complexity index is 1030. The summed E-state index contributed by atoms with van der Waals surface area (Å²) in [4.78, 5) is 15.8. The number of halogens is 3. The lowest BCUT2D eigenvalue weighted by molar-refractivity contribution is -0.168. The predicted octanol–water partition coefficient (Wildman–Crippen LogP) is 3.02. The maximum absolute atomic E-state index is 12.9. The number of sulfone groups is 1. The van der Waals surface area contributed by atoms with Crippen LogP contribution in [0, 0.1) is 17.2 Å². The molecular weight excluding hydrogens is 429 g/mol. The molecule has 0 fully saturated rings. The minimum absolute atomic E-state index is 0. The van der Waals surface area contributed by atoms with Gasteiger partial charge in [0.2, 0.25) is 0 Å². The van der Waals surface area contributed by atoms with E-state index >= 15 is 0 Å². The van der Waals surface area contributed by atoms with E-state index in [1.54, 1.807) is 0 Å². The van der Waals surface area contributed by atoms with E-state index in [0.29, 0.717) is 0 Å². The number of aromatic nitrogens is 2. The highest BCUT2D eigenvalue weighted by Gasteiger charge is 2.41. The van der Waals surface area contributed by atoms with Gasteiger partial charge in [-0.05, 0) is 24.6 Å². The summed E-state index contributed by atoms with van der Waals surface area (Å²) in [6.45, 7) is 1.27. The first kappa shape index (κ1) is 24.5. The van der Waals surface area contributed by atoms with Crippen molar-refractivity contribution >= 4 is 34.9 Å². The lowest BCUT2D eigenvalue weighted by Crippen LogP contribution is -2.29. The van der Waals surface area contributed by atoms with Gasteiger partial charge in [-0.1, -0.05) is 6.92 Å². The average Bonchev–Trinajstić information content (AvgIpc) is 3.01. The largest absolute Gasteiger partial charge is 0.392 e. The third-order valence-electron chi connectivity index (χ3n) is 4.08. The molecule has 0 aliphatic carbocycles. The summed E-state index contributed by atoms with van der Waals surface area (Å²) in [6, 6.07) is 5.61. The van der Waals surface area contributed by atoms with Gasteiger partial charge < -0.3 is 9.88 Å². The van der Waals surface area contributed by atoms with Crippen molar-refractivity contribution in [1.82, 2.24) is 9.55 Å². The van der Waals surface area contributed by atoms with Gasteiger partial charge in [-0.15, -0.1) is 0 Å². The second-order valence-electron chi connectivity index (χ2n) is 6.10. The molecule has 0 unspecified atom stereocenters. The highest BCUT2D eigenvalue weighted by molar-refractivity contribution is 7.91. The Kier molecular flexibility index (Phi) is 7.88. The van der Waals surface area contributed by atoms with E-state index in [0.717, 1.165) is 12.3 Å². The smallest absolute Gasteiger partial charge is 0.345 e. The van der Waals surface area contributed by atoms with Gasteiger partial charge in [-0.2, -0.15) is 31.9 Å². The van der Waals surface area contributed by atoms with Crippen molar-refractivity contribution in [3.8, 4) is 6.07 Å². The number of pyridine rings is 1. The van der Waals surface area contributed by atoms with Crippen LogP contribution in [0.25, 0.3) is 0 Å². The van der Waals surface area contributed by atoms with Gasteiger partial charge in [0, 0.05) is 25.1 Å². The van der Waals surface area contributed by atoms with Crippen molar-refractivity contribution in [3.63, 3.8) is 0 Å². The molecule has 0 aliphatic rings. The second-order valence-corrected chi connectivity index (χ2v) is 8.13. The number of rotatable bonds is 6. The summed E-state index contributed by atoms with van der Waals surface area (Å²) < 4.78 is 64.8. The van der Waals surface area contributed by atoms with Crippen molar-refractivity contribution in [2.45, 2.75) is 24.4 Å². The van der Waals surface area contributed by atoms with Gasteiger partial charge in [0.1, 0.15) is 17.5 Å². The summed E-state index contributed by atoms with van der Waals surface area (Å²) >= 11 is 0. The van der Waals surface area contributed by atoms with Crippen LogP contribution >= 0.6 is 13.5 Å². The SMILES string of the molecule is CC[C@H](CS(=O)(=O)c1cc(C(=O)Nc2ccnc(C#N)c2)n(C)c1)C(F)(F)F.S. The molecule has 158 valence electrons. The first-order valence-corrected chi connectivity index (χ1v) is 9.76. The number of hydrogen-bond donors (Lipinski definition) is 1. The van der Waals surface area contributed by atoms with Gasteiger partial charge in [-0.25, -0.2) is 13.4 Å². The van der Waals surface area contributed by atoms with Crippen LogP contribution in [0.2, 0.25) is 0 Å². The fraction of sp³-hybridized carbons (Fsp3) is 0.353. The maximum atomic E-state index is 12.9. The molecule has 0 aromatic carbocycles. The van der Waals surface area contributed by atoms with Crippen LogP contribution in [0.4, 0.5) is 18.9 Å². The van der Waals surface area contributed by atoms with Gasteiger partial charge in [0.25, 0.3) is 5.91 Å². The Morgan fingerprint density at radius 2 is 2.03 bits per heavy atom. The van der Waals surface area contributed by atoms with Crippen molar-refractivity contribution in [2.75, 3.05) is 11.1 Å². The van der Waals surface area contributed by atoms with E-state index in [4.69, 9.17) is 5.26 Å². The molecule has 0 saturated heterocycles. The molecule has 2 aromatic heterocycles. The zero-order valence-electron chi connectivity index (χ0n) is 15.5.